The lowest BCUT2D eigenvalue weighted by atomic mass is 9.89. The number of ether oxygens (including phenoxy) is 3. The zero-order valence-corrected chi connectivity index (χ0v) is 29.8. The average Bonchev–Trinajstić information content (AvgIpc) is 3.47. The minimum absolute atomic E-state index is 0.0197. The monoisotopic (exact) mass is 644 g/mol. The second-order valence-corrected chi connectivity index (χ2v) is 13.8. The number of carbonyl (C=O) groups excluding carboxylic acids is 3. The van der Waals surface area contributed by atoms with Crippen LogP contribution in [-0.2, 0) is 19.1 Å². The Labute approximate surface area is 275 Å². The van der Waals surface area contributed by atoms with E-state index < -0.39 is 16.5 Å². The molecule has 1 fully saturated rings. The summed E-state index contributed by atoms with van der Waals surface area (Å²) in [6.45, 7) is 20.9. The first-order chi connectivity index (χ1) is 21.3. The molecular formula is C37H56O9. The van der Waals surface area contributed by atoms with Crippen LogP contribution in [0.2, 0.25) is 0 Å². The molecule has 9 nitrogen and oxygen atoms in total. The van der Waals surface area contributed by atoms with Crippen LogP contribution < -0.4 is 15.1 Å². The molecule has 2 aromatic rings. The van der Waals surface area contributed by atoms with Crippen LogP contribution in [0, 0.1) is 23.2 Å². The lowest BCUT2D eigenvalue weighted by Gasteiger charge is -2.32. The van der Waals surface area contributed by atoms with E-state index in [-0.39, 0.29) is 40.4 Å². The highest BCUT2D eigenvalue weighted by Gasteiger charge is 2.39. The number of hydrogen-bond donors (Lipinski definition) is 1. The number of esters is 3. The van der Waals surface area contributed by atoms with Gasteiger partial charge in [0.1, 0.15) is 28.6 Å². The van der Waals surface area contributed by atoms with Gasteiger partial charge in [-0.3, -0.25) is 14.4 Å². The van der Waals surface area contributed by atoms with Gasteiger partial charge in [-0.2, -0.15) is 0 Å². The van der Waals surface area contributed by atoms with Gasteiger partial charge in [0.05, 0.1) is 22.3 Å². The van der Waals surface area contributed by atoms with Crippen molar-refractivity contribution < 1.29 is 38.1 Å². The third-order valence-electron chi connectivity index (χ3n) is 8.90. The largest absolute Gasteiger partial charge is 0.508 e. The minimum atomic E-state index is -0.552. The van der Waals surface area contributed by atoms with Crippen molar-refractivity contribution in [3.05, 3.63) is 52.6 Å². The first-order valence-electron chi connectivity index (χ1n) is 16.3. The van der Waals surface area contributed by atoms with Gasteiger partial charge in [-0.05, 0) is 124 Å². The quantitative estimate of drug-likeness (QED) is 0.199. The van der Waals surface area contributed by atoms with Crippen molar-refractivity contribution in [3.8, 4) is 17.2 Å². The van der Waals surface area contributed by atoms with E-state index in [9.17, 15) is 19.2 Å². The van der Waals surface area contributed by atoms with Crippen molar-refractivity contribution in [1.29, 1.82) is 0 Å². The summed E-state index contributed by atoms with van der Waals surface area (Å²) in [7, 11) is 0. The van der Waals surface area contributed by atoms with E-state index in [1.54, 1.807) is 32.9 Å². The Morgan fingerprint density at radius 3 is 1.59 bits per heavy atom. The second kappa shape index (κ2) is 17.3. The maximum absolute atomic E-state index is 12.0. The lowest BCUT2D eigenvalue weighted by Crippen LogP contribution is -2.37. The van der Waals surface area contributed by atoms with E-state index >= 15 is 0 Å². The minimum Gasteiger partial charge on any atom is -0.508 e. The Balaban J connectivity index is 0.000000345. The smallest absolute Gasteiger partial charge is 0.339 e. The van der Waals surface area contributed by atoms with Gasteiger partial charge in [0, 0.05) is 6.07 Å². The number of benzene rings is 1. The molecule has 1 aliphatic rings. The molecule has 0 spiro atoms. The summed E-state index contributed by atoms with van der Waals surface area (Å²) >= 11 is 0. The number of phenols is 1. The van der Waals surface area contributed by atoms with Gasteiger partial charge < -0.3 is 23.7 Å². The fourth-order valence-electron chi connectivity index (χ4n) is 3.95. The van der Waals surface area contributed by atoms with Crippen molar-refractivity contribution >= 4 is 17.9 Å². The predicted molar refractivity (Wildman–Crippen MR) is 179 cm³/mol. The van der Waals surface area contributed by atoms with Gasteiger partial charge in [0.15, 0.2) is 0 Å². The Kier molecular flexibility index (Phi) is 15.2. The van der Waals surface area contributed by atoms with Crippen LogP contribution in [-0.4, -0.2) is 28.6 Å². The Bertz CT molecular complexity index is 1330. The molecule has 1 aromatic heterocycles. The van der Waals surface area contributed by atoms with Gasteiger partial charge >= 0.3 is 23.5 Å². The molecule has 3 rings (SSSR count). The van der Waals surface area contributed by atoms with E-state index in [1.165, 1.54) is 31.0 Å². The molecule has 46 heavy (non-hydrogen) atoms. The van der Waals surface area contributed by atoms with Crippen molar-refractivity contribution in [2.75, 3.05) is 0 Å². The Morgan fingerprint density at radius 1 is 0.739 bits per heavy atom. The summed E-state index contributed by atoms with van der Waals surface area (Å²) in [6.07, 6.45) is 7.70. The molecule has 0 aliphatic heterocycles. The molecule has 1 heterocycles. The van der Waals surface area contributed by atoms with Gasteiger partial charge in [0.25, 0.3) is 0 Å². The first-order valence-corrected chi connectivity index (χ1v) is 16.3. The van der Waals surface area contributed by atoms with E-state index in [1.807, 2.05) is 48.5 Å². The topological polar surface area (TPSA) is 129 Å². The normalized spacial score (nSPS) is 14.2. The maximum atomic E-state index is 12.0. The average molecular weight is 645 g/mol. The first kappa shape index (κ1) is 40.4. The number of hydrogen-bond acceptors (Lipinski definition) is 9. The summed E-state index contributed by atoms with van der Waals surface area (Å²) in [5, 5.41) is 9.06. The second-order valence-electron chi connectivity index (χ2n) is 13.8. The van der Waals surface area contributed by atoms with Crippen LogP contribution in [0.5, 0.6) is 17.2 Å². The van der Waals surface area contributed by atoms with Gasteiger partial charge in [-0.15, -0.1) is 0 Å². The molecule has 0 unspecified atom stereocenters. The summed E-state index contributed by atoms with van der Waals surface area (Å²) in [6, 6.07) is 8.79. The SMILES string of the molecule is CCC(C)(C)C(=O)Oc1cc(C)oc(=O)c1.CCC(C)(C)C(=O)Oc1ccc(O)cc1.CCC1(OC(=O)C(C)(C)CC)CCCC1. The zero-order chi connectivity index (χ0) is 35.3. The fourth-order valence-corrected chi connectivity index (χ4v) is 3.95. The van der Waals surface area contributed by atoms with Gasteiger partial charge in [-0.1, -0.05) is 27.7 Å². The number of aromatic hydroxyl groups is 1. The molecule has 0 saturated heterocycles. The molecule has 0 amide bonds. The molecule has 9 heteroatoms. The van der Waals surface area contributed by atoms with Crippen LogP contribution in [0.3, 0.4) is 0 Å². The Hall–Kier alpha value is -3.62. The summed E-state index contributed by atoms with van der Waals surface area (Å²) in [5.74, 6) is 0.651. The van der Waals surface area contributed by atoms with E-state index in [4.69, 9.17) is 23.7 Å². The highest BCUT2D eigenvalue weighted by atomic mass is 16.6. The standard InChI is InChI=1S/C13H24O2.C12H16O4.C12H16O3/c1-5-12(3,4)11(14)15-13(6-2)9-7-8-10-13;1-5-12(3,4)11(14)16-9-6-8(2)15-10(13)7-9;1-4-12(2,3)11(14)15-10-7-5-9(13)6-8-10/h5-10H2,1-4H3;6-7H,5H2,1-4H3;5-8,13H,4H2,1-3H3. The summed E-state index contributed by atoms with van der Waals surface area (Å²) in [4.78, 5) is 46.4. The molecule has 1 aliphatic carbocycles. The van der Waals surface area contributed by atoms with Crippen molar-refractivity contribution in [1.82, 2.24) is 0 Å². The highest BCUT2D eigenvalue weighted by molar-refractivity contribution is 5.79. The van der Waals surface area contributed by atoms with E-state index in [2.05, 4.69) is 6.92 Å². The van der Waals surface area contributed by atoms with E-state index in [0.717, 1.165) is 38.2 Å². The van der Waals surface area contributed by atoms with Gasteiger partial charge in [0.2, 0.25) is 0 Å². The van der Waals surface area contributed by atoms with Crippen LogP contribution in [0.1, 0.15) is 126 Å². The van der Waals surface area contributed by atoms with Crippen molar-refractivity contribution in [2.24, 2.45) is 16.2 Å². The van der Waals surface area contributed by atoms with E-state index in [0.29, 0.717) is 17.9 Å². The third kappa shape index (κ3) is 12.6. The number of phenolic OH excluding ortho intramolecular Hbond substituents is 1. The van der Waals surface area contributed by atoms with Crippen molar-refractivity contribution in [3.63, 3.8) is 0 Å². The maximum Gasteiger partial charge on any atom is 0.339 e. The predicted octanol–water partition coefficient (Wildman–Crippen LogP) is 8.71. The summed E-state index contributed by atoms with van der Waals surface area (Å²) < 4.78 is 20.8. The molecule has 0 atom stereocenters. The number of rotatable bonds is 10. The highest BCUT2D eigenvalue weighted by Crippen LogP contribution is 2.38. The molecule has 0 radical (unpaired) electrons. The van der Waals surface area contributed by atoms with Crippen LogP contribution in [0.15, 0.2) is 45.6 Å². The molecule has 258 valence electrons. The van der Waals surface area contributed by atoms with Crippen LogP contribution in [0.4, 0.5) is 0 Å². The Morgan fingerprint density at radius 2 is 1.17 bits per heavy atom. The lowest BCUT2D eigenvalue weighted by molar-refractivity contribution is -0.170. The molecule has 1 aromatic carbocycles. The van der Waals surface area contributed by atoms with Gasteiger partial charge in [-0.25, -0.2) is 4.79 Å². The molecule has 0 bridgehead atoms. The summed E-state index contributed by atoms with van der Waals surface area (Å²) in [5.41, 5.74) is -2.01. The molecule has 1 saturated carbocycles. The third-order valence-corrected chi connectivity index (χ3v) is 8.90. The fraction of sp³-hybridized carbons (Fsp3) is 0.622. The zero-order valence-electron chi connectivity index (χ0n) is 29.8. The molecular weight excluding hydrogens is 588 g/mol. The van der Waals surface area contributed by atoms with Crippen molar-refractivity contribution in [2.45, 2.75) is 133 Å². The van der Waals surface area contributed by atoms with Crippen LogP contribution in [0.25, 0.3) is 0 Å². The molecule has 1 N–H and O–H groups in total. The number of carbonyl (C=O) groups is 3. The van der Waals surface area contributed by atoms with Crippen LogP contribution >= 0.6 is 0 Å². The number of aryl methyl sites for hydroxylation is 1.